The Morgan fingerprint density at radius 2 is 1.50 bits per heavy atom. The lowest BCUT2D eigenvalue weighted by Gasteiger charge is -2.16. The summed E-state index contributed by atoms with van der Waals surface area (Å²) < 4.78 is 16.9. The maximum atomic E-state index is 13.6. The largest absolute Gasteiger partial charge is 0.504 e. The van der Waals surface area contributed by atoms with Crippen LogP contribution in [0.25, 0.3) is 44.2 Å². The molecule has 0 aliphatic rings. The van der Waals surface area contributed by atoms with Crippen LogP contribution >= 0.6 is 0 Å². The van der Waals surface area contributed by atoms with Crippen molar-refractivity contribution < 1.29 is 48.7 Å². The molecule has 3 aromatic carbocycles. The van der Waals surface area contributed by atoms with E-state index in [1.807, 2.05) is 0 Å². The Bertz CT molecular complexity index is 2060. The van der Waals surface area contributed by atoms with E-state index in [2.05, 4.69) is 0 Å². The summed E-state index contributed by atoms with van der Waals surface area (Å²) in [7, 11) is 1.27. The molecular weight excluding hydrogens is 528 g/mol. The smallest absolute Gasteiger partial charge is 0.340 e. The summed E-state index contributed by atoms with van der Waals surface area (Å²) in [4.78, 5) is 51.8. The predicted molar refractivity (Wildman–Crippen MR) is 141 cm³/mol. The lowest BCUT2D eigenvalue weighted by molar-refractivity contribution is 0.0694. The second kappa shape index (κ2) is 9.13. The first-order valence-corrected chi connectivity index (χ1v) is 11.6. The first-order valence-electron chi connectivity index (χ1n) is 11.6. The van der Waals surface area contributed by atoms with E-state index in [1.54, 1.807) is 0 Å². The SMILES string of the molecule is COCc1c(-c2cc3c(=O)c4cc(O)c(O)cc4oc3c(C(C)=O)c2C)oc2cc(O)c(O)c(C(=O)O)c2c1=O. The lowest BCUT2D eigenvalue weighted by Crippen LogP contribution is -2.16. The van der Waals surface area contributed by atoms with Crippen LogP contribution in [0.2, 0.25) is 0 Å². The third-order valence-corrected chi connectivity index (χ3v) is 6.65. The molecule has 5 N–H and O–H groups in total. The molecule has 0 saturated heterocycles. The minimum absolute atomic E-state index is 0.0371. The number of carboxylic acids is 1. The van der Waals surface area contributed by atoms with Gasteiger partial charge in [-0.2, -0.15) is 0 Å². The monoisotopic (exact) mass is 548 g/mol. The van der Waals surface area contributed by atoms with Gasteiger partial charge >= 0.3 is 5.97 Å². The molecule has 0 radical (unpaired) electrons. The number of ether oxygens (including phenoxy) is 1. The Morgan fingerprint density at radius 1 is 0.850 bits per heavy atom. The summed E-state index contributed by atoms with van der Waals surface area (Å²) in [5, 5.41) is 49.0. The number of hydrogen-bond acceptors (Lipinski definition) is 11. The van der Waals surface area contributed by atoms with Gasteiger partial charge in [-0.15, -0.1) is 0 Å². The average Bonchev–Trinajstić information content (AvgIpc) is 2.87. The molecule has 12 heteroatoms. The highest BCUT2D eigenvalue weighted by atomic mass is 16.5. The molecule has 0 atom stereocenters. The van der Waals surface area contributed by atoms with Crippen molar-refractivity contribution in [2.24, 2.45) is 0 Å². The van der Waals surface area contributed by atoms with Crippen molar-refractivity contribution in [1.82, 2.24) is 0 Å². The van der Waals surface area contributed by atoms with E-state index in [-0.39, 0.29) is 62.1 Å². The standard InChI is InChI=1S/C28H20O12/c1-9-11(4-13-23(33)12-5-15(30)16(31)6-18(12)39-27(13)20(9)10(2)29)26-14(8-38-3)24(34)21-19(40-26)7-17(32)25(35)22(21)28(36)37/h4-7,30-32,35H,8H2,1-3H3,(H,36,37). The second-order valence-corrected chi connectivity index (χ2v) is 9.09. The molecule has 2 heterocycles. The summed E-state index contributed by atoms with van der Waals surface area (Å²) in [6.45, 7) is 2.36. The number of methoxy groups -OCH3 is 1. The molecule has 0 bridgehead atoms. The van der Waals surface area contributed by atoms with Crippen LogP contribution in [-0.2, 0) is 11.3 Å². The van der Waals surface area contributed by atoms with Crippen molar-refractivity contribution in [2.45, 2.75) is 20.5 Å². The van der Waals surface area contributed by atoms with Gasteiger partial charge in [-0.3, -0.25) is 14.4 Å². The Hall–Kier alpha value is -5.36. The number of carboxylic acid groups (broad SMARTS) is 1. The van der Waals surface area contributed by atoms with Gasteiger partial charge < -0.3 is 39.1 Å². The first-order chi connectivity index (χ1) is 18.9. The van der Waals surface area contributed by atoms with Crippen LogP contribution < -0.4 is 10.9 Å². The Balaban J connectivity index is 1.99. The molecule has 5 aromatic rings. The Morgan fingerprint density at radius 3 is 2.12 bits per heavy atom. The number of fused-ring (bicyclic) bond motifs is 3. The molecule has 0 fully saturated rings. The fraction of sp³-hybridized carbons (Fsp3) is 0.143. The van der Waals surface area contributed by atoms with Gasteiger partial charge in [0.05, 0.1) is 33.9 Å². The number of rotatable bonds is 5. The molecule has 0 unspecified atom stereocenters. The molecule has 5 rings (SSSR count). The van der Waals surface area contributed by atoms with Crippen LogP contribution in [0, 0.1) is 6.92 Å². The third kappa shape index (κ3) is 3.73. The summed E-state index contributed by atoms with van der Waals surface area (Å²) in [5.74, 6) is -5.38. The Labute approximate surface area is 222 Å². The number of phenols is 4. The average molecular weight is 548 g/mol. The van der Waals surface area contributed by atoms with E-state index in [4.69, 9.17) is 13.6 Å². The van der Waals surface area contributed by atoms with Gasteiger partial charge in [0.15, 0.2) is 34.2 Å². The number of aromatic hydroxyl groups is 4. The van der Waals surface area contributed by atoms with Gasteiger partial charge in [0.25, 0.3) is 0 Å². The van der Waals surface area contributed by atoms with Crippen molar-refractivity contribution in [3.8, 4) is 34.3 Å². The molecule has 40 heavy (non-hydrogen) atoms. The number of carbonyl (C=O) groups is 2. The van der Waals surface area contributed by atoms with Crippen molar-refractivity contribution in [1.29, 1.82) is 0 Å². The predicted octanol–water partition coefficient (Wildman–Crippen LogP) is 3.90. The summed E-state index contributed by atoms with van der Waals surface area (Å²) in [6, 6.07) is 4.24. The van der Waals surface area contributed by atoms with Crippen LogP contribution in [-0.4, -0.2) is 44.4 Å². The van der Waals surface area contributed by atoms with Gasteiger partial charge in [-0.1, -0.05) is 0 Å². The van der Waals surface area contributed by atoms with Crippen molar-refractivity contribution in [2.75, 3.05) is 7.11 Å². The molecule has 204 valence electrons. The minimum Gasteiger partial charge on any atom is -0.504 e. The van der Waals surface area contributed by atoms with E-state index in [9.17, 15) is 44.7 Å². The van der Waals surface area contributed by atoms with E-state index in [0.717, 1.165) is 18.2 Å². The molecule has 12 nitrogen and oxygen atoms in total. The number of benzene rings is 3. The number of hydrogen-bond donors (Lipinski definition) is 5. The summed E-state index contributed by atoms with van der Waals surface area (Å²) in [5.41, 5.74) is -2.92. The van der Waals surface area contributed by atoms with Crippen LogP contribution in [0.15, 0.2) is 42.7 Å². The molecule has 0 amide bonds. The first kappa shape index (κ1) is 26.3. The van der Waals surface area contributed by atoms with Crippen molar-refractivity contribution in [3.05, 3.63) is 67.0 Å². The molecule has 2 aromatic heterocycles. The number of phenolic OH excluding ortho intramolecular Hbond substituents is 3. The van der Waals surface area contributed by atoms with E-state index in [1.165, 1.54) is 27.0 Å². The zero-order valence-corrected chi connectivity index (χ0v) is 21.1. The molecular formula is C28H20O12. The van der Waals surface area contributed by atoms with Crippen molar-refractivity contribution >= 4 is 44.7 Å². The van der Waals surface area contributed by atoms with Gasteiger partial charge in [0.2, 0.25) is 5.43 Å². The van der Waals surface area contributed by atoms with Gasteiger partial charge in [0.1, 0.15) is 28.1 Å². The minimum atomic E-state index is -1.69. The quantitative estimate of drug-likeness (QED) is 0.120. The van der Waals surface area contributed by atoms with E-state index >= 15 is 0 Å². The maximum absolute atomic E-state index is 13.6. The van der Waals surface area contributed by atoms with Crippen LogP contribution in [0.5, 0.6) is 23.0 Å². The van der Waals surface area contributed by atoms with E-state index < -0.39 is 56.6 Å². The van der Waals surface area contributed by atoms with Crippen LogP contribution in [0.3, 0.4) is 0 Å². The highest BCUT2D eigenvalue weighted by Gasteiger charge is 2.28. The highest BCUT2D eigenvalue weighted by molar-refractivity contribution is 6.10. The van der Waals surface area contributed by atoms with Crippen LogP contribution in [0.4, 0.5) is 0 Å². The van der Waals surface area contributed by atoms with Crippen molar-refractivity contribution in [3.63, 3.8) is 0 Å². The third-order valence-electron chi connectivity index (χ3n) is 6.65. The fourth-order valence-electron chi connectivity index (χ4n) is 4.83. The zero-order valence-electron chi connectivity index (χ0n) is 21.1. The zero-order chi connectivity index (χ0) is 29.2. The van der Waals surface area contributed by atoms with Gasteiger partial charge in [-0.25, -0.2) is 4.79 Å². The summed E-state index contributed by atoms with van der Waals surface area (Å²) >= 11 is 0. The summed E-state index contributed by atoms with van der Waals surface area (Å²) in [6.07, 6.45) is 0. The number of Topliss-reactive ketones (excluding diaryl/α,β-unsaturated/α-hetero) is 1. The topological polar surface area (TPSA) is 205 Å². The molecule has 0 aliphatic carbocycles. The van der Waals surface area contributed by atoms with Gasteiger partial charge in [-0.05, 0) is 31.5 Å². The number of carbonyl (C=O) groups excluding carboxylic acids is 1. The van der Waals surface area contributed by atoms with Gasteiger partial charge in [0, 0.05) is 24.8 Å². The second-order valence-electron chi connectivity index (χ2n) is 9.09. The number of ketones is 1. The number of aromatic carboxylic acids is 1. The molecule has 0 aliphatic heterocycles. The molecule has 0 spiro atoms. The lowest BCUT2D eigenvalue weighted by atomic mass is 9.92. The molecule has 0 saturated carbocycles. The highest BCUT2D eigenvalue weighted by Crippen LogP contribution is 2.40. The fourth-order valence-corrected chi connectivity index (χ4v) is 4.83. The van der Waals surface area contributed by atoms with E-state index in [0.29, 0.717) is 0 Å². The maximum Gasteiger partial charge on any atom is 0.340 e. The normalized spacial score (nSPS) is 11.5. The Kier molecular flexibility index (Phi) is 6.00. The van der Waals surface area contributed by atoms with Crippen LogP contribution in [0.1, 0.15) is 38.8 Å².